The van der Waals surface area contributed by atoms with E-state index in [0.29, 0.717) is 33.0 Å². The number of rotatable bonds is 6. The monoisotopic (exact) mass is 434 g/mol. The Labute approximate surface area is 184 Å². The number of aromatic nitrogens is 1. The van der Waals surface area contributed by atoms with Gasteiger partial charge in [-0.1, -0.05) is 54.3 Å². The molecule has 0 bridgehead atoms. The molecule has 1 amide bonds. The van der Waals surface area contributed by atoms with Crippen LogP contribution < -0.4 is 14.4 Å². The number of para-hydroxylation sites is 1. The van der Waals surface area contributed by atoms with Crippen LogP contribution in [0.15, 0.2) is 77.8 Å². The Morgan fingerprint density at radius 3 is 2.73 bits per heavy atom. The maximum atomic E-state index is 13.1. The van der Waals surface area contributed by atoms with Crippen LogP contribution in [0, 0.1) is 0 Å². The maximum absolute atomic E-state index is 13.1. The number of thiocarbonyl (C=S) groups is 1. The Bertz CT molecular complexity index is 1120. The molecule has 1 saturated heterocycles. The van der Waals surface area contributed by atoms with Gasteiger partial charge in [0.1, 0.15) is 18.1 Å². The molecule has 2 heterocycles. The average molecular weight is 435 g/mol. The second-order valence-electron chi connectivity index (χ2n) is 6.37. The Morgan fingerprint density at radius 1 is 1.10 bits per heavy atom. The molecule has 0 spiro atoms. The lowest BCUT2D eigenvalue weighted by molar-refractivity contribution is -0.113. The van der Waals surface area contributed by atoms with Crippen LogP contribution >= 0.6 is 24.0 Å². The number of thioether (sulfide) groups is 1. The molecule has 7 heteroatoms. The summed E-state index contributed by atoms with van der Waals surface area (Å²) in [6.07, 6.45) is 3.54. The summed E-state index contributed by atoms with van der Waals surface area (Å²) in [6.45, 7) is 0.344. The van der Waals surface area contributed by atoms with E-state index < -0.39 is 0 Å². The molecule has 1 aliphatic rings. The molecule has 2 aromatic carbocycles. The standard InChI is InChI=1S/C23H18N2O3S2/c1-27-19-10-6-9-18(14-19)25-22(26)21(30-23(25)29)13-16-7-2-3-11-20(16)28-15-17-8-4-5-12-24-17/h2-14H,15H2,1H3. The summed E-state index contributed by atoms with van der Waals surface area (Å²) in [4.78, 5) is 19.4. The van der Waals surface area contributed by atoms with Crippen LogP contribution in [-0.4, -0.2) is 22.3 Å². The van der Waals surface area contributed by atoms with Crippen molar-refractivity contribution in [3.05, 3.63) is 89.1 Å². The minimum Gasteiger partial charge on any atom is -0.497 e. The predicted molar refractivity (Wildman–Crippen MR) is 124 cm³/mol. The van der Waals surface area contributed by atoms with Gasteiger partial charge in [0.2, 0.25) is 0 Å². The van der Waals surface area contributed by atoms with E-state index in [1.54, 1.807) is 19.4 Å². The van der Waals surface area contributed by atoms with Gasteiger partial charge in [-0.25, -0.2) is 0 Å². The van der Waals surface area contributed by atoms with Crippen LogP contribution in [0.4, 0.5) is 5.69 Å². The van der Waals surface area contributed by atoms with Gasteiger partial charge in [0.05, 0.1) is 23.4 Å². The fraction of sp³-hybridized carbons (Fsp3) is 0.0870. The number of ether oxygens (including phenoxy) is 2. The lowest BCUT2D eigenvalue weighted by Gasteiger charge is -2.15. The van der Waals surface area contributed by atoms with Crippen LogP contribution in [0.25, 0.3) is 6.08 Å². The highest BCUT2D eigenvalue weighted by Gasteiger charge is 2.33. The van der Waals surface area contributed by atoms with Crippen molar-refractivity contribution in [1.82, 2.24) is 4.98 Å². The van der Waals surface area contributed by atoms with Crippen LogP contribution in [0.3, 0.4) is 0 Å². The van der Waals surface area contributed by atoms with E-state index >= 15 is 0 Å². The minimum absolute atomic E-state index is 0.169. The summed E-state index contributed by atoms with van der Waals surface area (Å²) in [5.41, 5.74) is 2.32. The van der Waals surface area contributed by atoms with Gasteiger partial charge in [0, 0.05) is 17.8 Å². The number of nitrogens with zero attached hydrogens (tertiary/aromatic N) is 2. The number of anilines is 1. The summed E-state index contributed by atoms with van der Waals surface area (Å²) in [5, 5.41) is 0. The first kappa shape index (κ1) is 20.1. The van der Waals surface area contributed by atoms with Crippen LogP contribution in [-0.2, 0) is 11.4 Å². The SMILES string of the molecule is COc1cccc(N2C(=O)C(=Cc3ccccc3OCc3ccccn3)SC2=S)c1. The normalized spacial score (nSPS) is 15.0. The molecule has 5 nitrogen and oxygen atoms in total. The van der Waals surface area contributed by atoms with E-state index in [1.165, 1.54) is 16.7 Å². The number of methoxy groups -OCH3 is 1. The summed E-state index contributed by atoms with van der Waals surface area (Å²) in [7, 11) is 1.59. The fourth-order valence-corrected chi connectivity index (χ4v) is 4.24. The van der Waals surface area contributed by atoms with Crippen molar-refractivity contribution in [3.8, 4) is 11.5 Å². The van der Waals surface area contributed by atoms with Crippen LogP contribution in [0.5, 0.6) is 11.5 Å². The van der Waals surface area contributed by atoms with E-state index in [9.17, 15) is 4.79 Å². The molecule has 0 radical (unpaired) electrons. The molecule has 3 aromatic rings. The molecule has 1 aromatic heterocycles. The second-order valence-corrected chi connectivity index (χ2v) is 8.04. The lowest BCUT2D eigenvalue weighted by Crippen LogP contribution is -2.27. The molecule has 1 fully saturated rings. The number of amides is 1. The smallest absolute Gasteiger partial charge is 0.270 e. The zero-order valence-corrected chi connectivity index (χ0v) is 17.8. The zero-order chi connectivity index (χ0) is 20.9. The second kappa shape index (κ2) is 9.11. The molecule has 1 aliphatic heterocycles. The van der Waals surface area contributed by atoms with Crippen molar-refractivity contribution in [1.29, 1.82) is 0 Å². The molecule has 0 aliphatic carbocycles. The highest BCUT2D eigenvalue weighted by Crippen LogP contribution is 2.38. The predicted octanol–water partition coefficient (Wildman–Crippen LogP) is 5.08. The van der Waals surface area contributed by atoms with Crippen molar-refractivity contribution in [2.45, 2.75) is 6.61 Å². The molecule has 4 rings (SSSR count). The van der Waals surface area contributed by atoms with Gasteiger partial charge in [0.15, 0.2) is 4.32 Å². The Hall–Kier alpha value is -3.16. The molecular formula is C23H18N2O3S2. The maximum Gasteiger partial charge on any atom is 0.270 e. The third-order valence-corrected chi connectivity index (χ3v) is 5.71. The van der Waals surface area contributed by atoms with Crippen molar-refractivity contribution >= 4 is 46.0 Å². The Kier molecular flexibility index (Phi) is 6.11. The first-order chi connectivity index (χ1) is 14.7. The average Bonchev–Trinajstić information content (AvgIpc) is 3.06. The summed E-state index contributed by atoms with van der Waals surface area (Å²) in [6, 6.07) is 20.5. The fourth-order valence-electron chi connectivity index (χ4n) is 2.95. The molecule has 0 unspecified atom stereocenters. The molecule has 30 heavy (non-hydrogen) atoms. The molecule has 150 valence electrons. The third-order valence-electron chi connectivity index (χ3n) is 4.41. The first-order valence-electron chi connectivity index (χ1n) is 9.19. The van der Waals surface area contributed by atoms with E-state index in [-0.39, 0.29) is 5.91 Å². The molecule has 0 saturated carbocycles. The van der Waals surface area contributed by atoms with E-state index in [4.69, 9.17) is 21.7 Å². The van der Waals surface area contributed by atoms with Gasteiger partial charge in [-0.05, 0) is 36.4 Å². The van der Waals surface area contributed by atoms with Gasteiger partial charge in [-0.3, -0.25) is 14.7 Å². The number of hydrogen-bond donors (Lipinski definition) is 0. The minimum atomic E-state index is -0.169. The number of pyridine rings is 1. The van der Waals surface area contributed by atoms with Gasteiger partial charge < -0.3 is 9.47 Å². The van der Waals surface area contributed by atoms with E-state index in [2.05, 4.69) is 4.98 Å². The summed E-state index contributed by atoms with van der Waals surface area (Å²) < 4.78 is 11.7. The largest absolute Gasteiger partial charge is 0.497 e. The Balaban J connectivity index is 1.58. The third kappa shape index (κ3) is 4.37. The van der Waals surface area contributed by atoms with Crippen LogP contribution in [0.2, 0.25) is 0 Å². The number of benzene rings is 2. The van der Waals surface area contributed by atoms with E-state index in [0.717, 1.165) is 11.3 Å². The number of carbonyl (C=O) groups is 1. The summed E-state index contributed by atoms with van der Waals surface area (Å²) in [5.74, 6) is 1.17. The first-order valence-corrected chi connectivity index (χ1v) is 10.4. The summed E-state index contributed by atoms with van der Waals surface area (Å²) >= 11 is 6.74. The quantitative estimate of drug-likeness (QED) is 0.399. The van der Waals surface area contributed by atoms with Gasteiger partial charge in [-0.15, -0.1) is 0 Å². The highest BCUT2D eigenvalue weighted by molar-refractivity contribution is 8.27. The van der Waals surface area contributed by atoms with Crippen LogP contribution in [0.1, 0.15) is 11.3 Å². The topological polar surface area (TPSA) is 51.7 Å². The highest BCUT2D eigenvalue weighted by atomic mass is 32.2. The molecule has 0 atom stereocenters. The van der Waals surface area contributed by atoms with E-state index in [1.807, 2.05) is 66.7 Å². The lowest BCUT2D eigenvalue weighted by atomic mass is 10.2. The van der Waals surface area contributed by atoms with Gasteiger partial charge in [0.25, 0.3) is 5.91 Å². The number of carbonyl (C=O) groups excluding carboxylic acids is 1. The van der Waals surface area contributed by atoms with Crippen molar-refractivity contribution in [2.24, 2.45) is 0 Å². The van der Waals surface area contributed by atoms with Gasteiger partial charge >= 0.3 is 0 Å². The Morgan fingerprint density at radius 2 is 1.93 bits per heavy atom. The van der Waals surface area contributed by atoms with Crippen molar-refractivity contribution < 1.29 is 14.3 Å². The zero-order valence-electron chi connectivity index (χ0n) is 16.1. The van der Waals surface area contributed by atoms with Gasteiger partial charge in [-0.2, -0.15) is 0 Å². The van der Waals surface area contributed by atoms with Crippen molar-refractivity contribution in [3.63, 3.8) is 0 Å². The number of hydrogen-bond acceptors (Lipinski definition) is 6. The van der Waals surface area contributed by atoms with Crippen molar-refractivity contribution in [2.75, 3.05) is 12.0 Å². The molecule has 0 N–H and O–H groups in total. The molecular weight excluding hydrogens is 416 g/mol.